The second kappa shape index (κ2) is 4.44. The fourth-order valence-electron chi connectivity index (χ4n) is 1.94. The van der Waals surface area contributed by atoms with Crippen LogP contribution in [0.2, 0.25) is 0 Å². The lowest BCUT2D eigenvalue weighted by atomic mass is 10.1. The Morgan fingerprint density at radius 1 is 1.47 bits per heavy atom. The molecule has 0 aromatic carbocycles. The van der Waals surface area contributed by atoms with E-state index < -0.39 is 0 Å². The number of aromatic amines is 1. The normalized spacial score (nSPS) is 20.7. The van der Waals surface area contributed by atoms with Crippen molar-refractivity contribution in [3.63, 3.8) is 0 Å². The maximum Gasteiger partial charge on any atom is 0.328 e. The fraction of sp³-hybridized carbons (Fsp3) is 0.600. The number of rotatable bonds is 3. The van der Waals surface area contributed by atoms with E-state index in [0.717, 1.165) is 25.9 Å². The standard InChI is InChI=1S/C10H15N3O2/c14-9-2-5-12-10(15)13(9)6-3-8-1-4-11-7-8/h2,5,8,11H,1,3-4,6-7H2,(H,12,15). The van der Waals surface area contributed by atoms with E-state index >= 15 is 0 Å². The molecule has 1 aromatic rings. The zero-order valence-corrected chi connectivity index (χ0v) is 8.53. The van der Waals surface area contributed by atoms with Crippen LogP contribution in [0.5, 0.6) is 0 Å². The summed E-state index contributed by atoms with van der Waals surface area (Å²) >= 11 is 0. The van der Waals surface area contributed by atoms with E-state index in [1.54, 1.807) is 0 Å². The Hall–Kier alpha value is -1.36. The summed E-state index contributed by atoms with van der Waals surface area (Å²) < 4.78 is 1.26. The summed E-state index contributed by atoms with van der Waals surface area (Å²) in [5, 5.41) is 3.26. The topological polar surface area (TPSA) is 66.9 Å². The molecule has 5 heteroatoms. The number of nitrogens with one attached hydrogen (secondary N) is 2. The molecule has 2 rings (SSSR count). The molecule has 0 bridgehead atoms. The molecule has 2 heterocycles. The maximum absolute atomic E-state index is 11.4. The minimum Gasteiger partial charge on any atom is -0.316 e. The lowest BCUT2D eigenvalue weighted by Crippen LogP contribution is -2.34. The summed E-state index contributed by atoms with van der Waals surface area (Å²) in [4.78, 5) is 25.2. The Morgan fingerprint density at radius 3 is 3.00 bits per heavy atom. The monoisotopic (exact) mass is 209 g/mol. The minimum atomic E-state index is -0.312. The summed E-state index contributed by atoms with van der Waals surface area (Å²) in [5.74, 6) is 0.594. The first kappa shape index (κ1) is 10.2. The molecule has 2 N–H and O–H groups in total. The van der Waals surface area contributed by atoms with E-state index in [0.29, 0.717) is 12.5 Å². The third-order valence-corrected chi connectivity index (χ3v) is 2.87. The van der Waals surface area contributed by atoms with E-state index in [9.17, 15) is 9.59 Å². The van der Waals surface area contributed by atoms with Gasteiger partial charge in [0, 0.05) is 18.8 Å². The van der Waals surface area contributed by atoms with Gasteiger partial charge in [-0.25, -0.2) is 4.79 Å². The van der Waals surface area contributed by atoms with Gasteiger partial charge >= 0.3 is 5.69 Å². The molecule has 0 spiro atoms. The molecule has 1 saturated heterocycles. The van der Waals surface area contributed by atoms with E-state index in [-0.39, 0.29) is 11.2 Å². The molecule has 0 saturated carbocycles. The van der Waals surface area contributed by atoms with Gasteiger partial charge in [-0.05, 0) is 31.8 Å². The smallest absolute Gasteiger partial charge is 0.316 e. The van der Waals surface area contributed by atoms with Gasteiger partial charge in [-0.3, -0.25) is 9.36 Å². The first-order valence-electron chi connectivity index (χ1n) is 5.26. The summed E-state index contributed by atoms with van der Waals surface area (Å²) in [7, 11) is 0. The first-order chi connectivity index (χ1) is 7.27. The van der Waals surface area contributed by atoms with Gasteiger partial charge in [0.05, 0.1) is 0 Å². The minimum absolute atomic E-state index is 0.218. The second-order valence-electron chi connectivity index (χ2n) is 3.92. The van der Waals surface area contributed by atoms with Gasteiger partial charge in [-0.1, -0.05) is 0 Å². The highest BCUT2D eigenvalue weighted by molar-refractivity contribution is 4.83. The molecule has 82 valence electrons. The van der Waals surface area contributed by atoms with Crippen molar-refractivity contribution < 1.29 is 0 Å². The third kappa shape index (κ3) is 2.36. The second-order valence-corrected chi connectivity index (χ2v) is 3.92. The summed E-state index contributed by atoms with van der Waals surface area (Å²) in [6, 6.07) is 1.38. The molecular formula is C10H15N3O2. The molecule has 5 nitrogen and oxygen atoms in total. The van der Waals surface area contributed by atoms with Crippen LogP contribution in [0, 0.1) is 5.92 Å². The van der Waals surface area contributed by atoms with Crippen LogP contribution in [0.3, 0.4) is 0 Å². The Bertz CT molecular complexity index is 401. The molecule has 1 aliphatic rings. The Kier molecular flexibility index (Phi) is 3.01. The zero-order valence-electron chi connectivity index (χ0n) is 8.53. The van der Waals surface area contributed by atoms with Gasteiger partial charge in [0.15, 0.2) is 0 Å². The molecular weight excluding hydrogens is 194 g/mol. The van der Waals surface area contributed by atoms with Crippen LogP contribution in [0.4, 0.5) is 0 Å². The number of nitrogens with zero attached hydrogens (tertiary/aromatic N) is 1. The molecule has 0 aliphatic carbocycles. The van der Waals surface area contributed by atoms with Crippen LogP contribution in [-0.4, -0.2) is 22.6 Å². The summed E-state index contributed by atoms with van der Waals surface area (Å²) in [6.45, 7) is 2.56. The largest absolute Gasteiger partial charge is 0.328 e. The van der Waals surface area contributed by atoms with Crippen molar-refractivity contribution in [3.8, 4) is 0 Å². The third-order valence-electron chi connectivity index (χ3n) is 2.87. The van der Waals surface area contributed by atoms with Gasteiger partial charge in [-0.15, -0.1) is 0 Å². The molecule has 1 aliphatic heterocycles. The van der Waals surface area contributed by atoms with E-state index in [2.05, 4.69) is 10.3 Å². The SMILES string of the molecule is O=c1cc[nH]c(=O)n1CCC1CCNC1. The lowest BCUT2D eigenvalue weighted by molar-refractivity contribution is 0.464. The Morgan fingerprint density at radius 2 is 2.33 bits per heavy atom. The Balaban J connectivity index is 2.04. The highest BCUT2D eigenvalue weighted by Gasteiger charge is 2.14. The molecule has 1 fully saturated rings. The van der Waals surface area contributed by atoms with Crippen molar-refractivity contribution in [2.75, 3.05) is 13.1 Å². The van der Waals surface area contributed by atoms with Gasteiger partial charge in [0.25, 0.3) is 5.56 Å². The van der Waals surface area contributed by atoms with Crippen molar-refractivity contribution in [3.05, 3.63) is 33.1 Å². The number of H-pyrrole nitrogens is 1. The number of aromatic nitrogens is 2. The average molecular weight is 209 g/mol. The van der Waals surface area contributed by atoms with Gasteiger partial charge in [-0.2, -0.15) is 0 Å². The predicted octanol–water partition coefficient (Wildman–Crippen LogP) is -0.464. The summed E-state index contributed by atoms with van der Waals surface area (Å²) in [5.41, 5.74) is -0.529. The quantitative estimate of drug-likeness (QED) is 0.707. The van der Waals surface area contributed by atoms with E-state index in [1.807, 2.05) is 0 Å². The van der Waals surface area contributed by atoms with Gasteiger partial charge < -0.3 is 10.3 Å². The van der Waals surface area contributed by atoms with Crippen LogP contribution in [0.25, 0.3) is 0 Å². The van der Waals surface area contributed by atoms with Crippen LogP contribution >= 0.6 is 0 Å². The fourth-order valence-corrected chi connectivity index (χ4v) is 1.94. The van der Waals surface area contributed by atoms with Crippen molar-refractivity contribution in [2.24, 2.45) is 5.92 Å². The molecule has 1 unspecified atom stereocenters. The average Bonchev–Trinajstić information content (AvgIpc) is 2.70. The molecule has 1 atom stereocenters. The first-order valence-corrected chi connectivity index (χ1v) is 5.26. The number of hydrogen-bond donors (Lipinski definition) is 2. The zero-order chi connectivity index (χ0) is 10.7. The molecule has 0 radical (unpaired) electrons. The van der Waals surface area contributed by atoms with Crippen LogP contribution < -0.4 is 16.6 Å². The van der Waals surface area contributed by atoms with Crippen molar-refractivity contribution in [1.82, 2.24) is 14.9 Å². The Labute approximate surface area is 87.1 Å². The van der Waals surface area contributed by atoms with Crippen molar-refractivity contribution >= 4 is 0 Å². The lowest BCUT2D eigenvalue weighted by Gasteiger charge is -2.08. The van der Waals surface area contributed by atoms with Crippen LogP contribution in [-0.2, 0) is 6.54 Å². The molecule has 1 aromatic heterocycles. The maximum atomic E-state index is 11.4. The van der Waals surface area contributed by atoms with Gasteiger partial charge in [0.2, 0.25) is 0 Å². The summed E-state index contributed by atoms with van der Waals surface area (Å²) in [6.07, 6.45) is 3.41. The highest BCUT2D eigenvalue weighted by atomic mass is 16.2. The van der Waals surface area contributed by atoms with E-state index in [4.69, 9.17) is 0 Å². The van der Waals surface area contributed by atoms with Crippen molar-refractivity contribution in [2.45, 2.75) is 19.4 Å². The van der Waals surface area contributed by atoms with Gasteiger partial charge in [0.1, 0.15) is 0 Å². The predicted molar refractivity (Wildman–Crippen MR) is 56.9 cm³/mol. The molecule has 0 amide bonds. The van der Waals surface area contributed by atoms with E-state index in [1.165, 1.54) is 16.8 Å². The van der Waals surface area contributed by atoms with Crippen LogP contribution in [0.1, 0.15) is 12.8 Å². The molecule has 15 heavy (non-hydrogen) atoms. The van der Waals surface area contributed by atoms with Crippen LogP contribution in [0.15, 0.2) is 21.9 Å². The number of hydrogen-bond acceptors (Lipinski definition) is 3. The highest BCUT2D eigenvalue weighted by Crippen LogP contribution is 2.11. The van der Waals surface area contributed by atoms with Crippen molar-refractivity contribution in [1.29, 1.82) is 0 Å².